The molecule has 2 rings (SSSR count). The number of nitrogens with zero attached hydrogens (tertiary/aromatic N) is 1. The smallest absolute Gasteiger partial charge is 0.207 e. The first-order valence-corrected chi connectivity index (χ1v) is 7.74. The van der Waals surface area contributed by atoms with Crippen molar-refractivity contribution in [3.05, 3.63) is 30.1 Å². The molecule has 0 amide bonds. The van der Waals surface area contributed by atoms with Crippen LogP contribution in [0.15, 0.2) is 29.2 Å². The molecule has 1 saturated carbocycles. The van der Waals surface area contributed by atoms with Crippen molar-refractivity contribution in [3.8, 4) is 0 Å². The van der Waals surface area contributed by atoms with Crippen LogP contribution in [0.25, 0.3) is 0 Å². The Hall–Kier alpha value is -0.940. The monoisotopic (exact) mass is 271 g/mol. The summed E-state index contributed by atoms with van der Waals surface area (Å²) in [6.45, 7) is 2.68. The number of benzene rings is 1. The summed E-state index contributed by atoms with van der Waals surface area (Å²) >= 11 is 0. The van der Waals surface area contributed by atoms with Gasteiger partial charge < -0.3 is 0 Å². The summed E-state index contributed by atoms with van der Waals surface area (Å²) in [6, 6.07) is 5.56. The predicted octanol–water partition coefficient (Wildman–Crippen LogP) is 2.64. The number of rotatable bonds is 5. The average Bonchev–Trinajstić information content (AvgIpc) is 2.27. The molecule has 0 radical (unpaired) electrons. The van der Waals surface area contributed by atoms with E-state index in [4.69, 9.17) is 0 Å². The van der Waals surface area contributed by atoms with Gasteiger partial charge in [-0.05, 0) is 30.9 Å². The van der Waals surface area contributed by atoms with Crippen LogP contribution in [0.1, 0.15) is 26.2 Å². The lowest BCUT2D eigenvalue weighted by molar-refractivity contribution is 0.249. The van der Waals surface area contributed by atoms with Crippen LogP contribution in [-0.2, 0) is 10.0 Å². The van der Waals surface area contributed by atoms with E-state index in [0.29, 0.717) is 19.0 Å². The van der Waals surface area contributed by atoms with Crippen LogP contribution in [0.3, 0.4) is 0 Å². The highest BCUT2D eigenvalue weighted by Gasteiger charge is 2.30. The van der Waals surface area contributed by atoms with Crippen molar-refractivity contribution < 1.29 is 12.8 Å². The van der Waals surface area contributed by atoms with E-state index in [1.54, 1.807) is 13.0 Å². The molecule has 0 saturated heterocycles. The number of halogens is 1. The van der Waals surface area contributed by atoms with Crippen molar-refractivity contribution in [1.29, 1.82) is 0 Å². The summed E-state index contributed by atoms with van der Waals surface area (Å²) in [5, 5.41) is 0. The molecule has 0 bridgehead atoms. The molecule has 0 aliphatic heterocycles. The molecule has 1 aromatic carbocycles. The van der Waals surface area contributed by atoms with E-state index < -0.39 is 15.8 Å². The highest BCUT2D eigenvalue weighted by molar-refractivity contribution is 7.89. The molecule has 100 valence electrons. The molecule has 1 aromatic rings. The standard InChI is InChI=1S/C13H18FNO2S/c1-2-15(10-11-6-5-7-11)18(16,17)13-9-4-3-8-12(13)14/h3-4,8-9,11H,2,5-7,10H2,1H3. The summed E-state index contributed by atoms with van der Waals surface area (Å²) in [5.74, 6) is -0.240. The highest BCUT2D eigenvalue weighted by Crippen LogP contribution is 2.29. The first-order chi connectivity index (χ1) is 8.55. The van der Waals surface area contributed by atoms with E-state index in [1.165, 1.54) is 28.9 Å². The molecule has 0 aromatic heterocycles. The number of hydrogen-bond acceptors (Lipinski definition) is 2. The van der Waals surface area contributed by atoms with Gasteiger partial charge in [-0.3, -0.25) is 0 Å². The van der Waals surface area contributed by atoms with Crippen LogP contribution in [0.5, 0.6) is 0 Å². The van der Waals surface area contributed by atoms with E-state index in [1.807, 2.05) is 0 Å². The minimum absolute atomic E-state index is 0.217. The van der Waals surface area contributed by atoms with Crippen molar-refractivity contribution in [2.75, 3.05) is 13.1 Å². The van der Waals surface area contributed by atoms with Gasteiger partial charge in [-0.2, -0.15) is 4.31 Å². The van der Waals surface area contributed by atoms with Gasteiger partial charge in [0, 0.05) is 13.1 Å². The molecule has 1 fully saturated rings. The van der Waals surface area contributed by atoms with Gasteiger partial charge in [-0.15, -0.1) is 0 Å². The molecule has 5 heteroatoms. The summed E-state index contributed by atoms with van der Waals surface area (Å²) in [5.41, 5.74) is 0. The minimum atomic E-state index is -3.69. The van der Waals surface area contributed by atoms with Gasteiger partial charge in [0.15, 0.2) is 0 Å². The topological polar surface area (TPSA) is 37.4 Å². The largest absolute Gasteiger partial charge is 0.245 e. The number of hydrogen-bond donors (Lipinski definition) is 0. The minimum Gasteiger partial charge on any atom is -0.207 e. The first-order valence-electron chi connectivity index (χ1n) is 6.30. The van der Waals surface area contributed by atoms with E-state index in [0.717, 1.165) is 12.8 Å². The van der Waals surface area contributed by atoms with Gasteiger partial charge in [0.2, 0.25) is 10.0 Å². The van der Waals surface area contributed by atoms with E-state index in [-0.39, 0.29) is 4.90 Å². The van der Waals surface area contributed by atoms with Crippen molar-refractivity contribution in [3.63, 3.8) is 0 Å². The third-order valence-corrected chi connectivity index (χ3v) is 5.47. The Kier molecular flexibility index (Phi) is 4.02. The lowest BCUT2D eigenvalue weighted by Crippen LogP contribution is -2.37. The van der Waals surface area contributed by atoms with Crippen LogP contribution in [-0.4, -0.2) is 25.8 Å². The Labute approximate surface area is 108 Å². The number of sulfonamides is 1. The zero-order chi connectivity index (χ0) is 13.2. The van der Waals surface area contributed by atoms with Crippen molar-refractivity contribution in [2.45, 2.75) is 31.1 Å². The zero-order valence-electron chi connectivity index (χ0n) is 10.5. The Morgan fingerprint density at radius 1 is 1.33 bits per heavy atom. The normalized spacial score (nSPS) is 16.8. The van der Waals surface area contributed by atoms with Gasteiger partial charge >= 0.3 is 0 Å². The molecule has 3 nitrogen and oxygen atoms in total. The second-order valence-corrected chi connectivity index (χ2v) is 6.59. The van der Waals surface area contributed by atoms with E-state index in [9.17, 15) is 12.8 Å². The molecule has 0 unspecified atom stereocenters. The Balaban J connectivity index is 2.25. The zero-order valence-corrected chi connectivity index (χ0v) is 11.3. The summed E-state index contributed by atoms with van der Waals surface area (Å²) < 4.78 is 39.7. The average molecular weight is 271 g/mol. The van der Waals surface area contributed by atoms with Crippen molar-refractivity contribution in [2.24, 2.45) is 5.92 Å². The molecule has 18 heavy (non-hydrogen) atoms. The molecule has 1 aliphatic rings. The van der Waals surface area contributed by atoms with Gasteiger partial charge in [0.05, 0.1) is 0 Å². The molecule has 0 spiro atoms. The van der Waals surface area contributed by atoms with Crippen LogP contribution < -0.4 is 0 Å². The van der Waals surface area contributed by atoms with Crippen LogP contribution in [0, 0.1) is 11.7 Å². The quantitative estimate of drug-likeness (QED) is 0.825. The Morgan fingerprint density at radius 3 is 2.50 bits per heavy atom. The highest BCUT2D eigenvalue weighted by atomic mass is 32.2. The van der Waals surface area contributed by atoms with Crippen molar-refractivity contribution >= 4 is 10.0 Å². The van der Waals surface area contributed by atoms with Crippen LogP contribution in [0.2, 0.25) is 0 Å². The van der Waals surface area contributed by atoms with Crippen LogP contribution >= 0.6 is 0 Å². The van der Waals surface area contributed by atoms with Gasteiger partial charge in [0.1, 0.15) is 10.7 Å². The third kappa shape index (κ3) is 2.57. The maximum Gasteiger partial charge on any atom is 0.245 e. The second-order valence-electron chi connectivity index (χ2n) is 4.68. The third-order valence-electron chi connectivity index (χ3n) is 3.49. The maximum absolute atomic E-state index is 13.6. The first kappa shape index (κ1) is 13.5. The summed E-state index contributed by atoms with van der Waals surface area (Å²) in [7, 11) is -3.69. The molecular weight excluding hydrogens is 253 g/mol. The maximum atomic E-state index is 13.6. The molecule has 0 atom stereocenters. The SMILES string of the molecule is CCN(CC1CCC1)S(=O)(=O)c1ccccc1F. The molecule has 0 heterocycles. The van der Waals surface area contributed by atoms with Gasteiger partial charge in [-0.25, -0.2) is 12.8 Å². The predicted molar refractivity (Wildman–Crippen MR) is 68.2 cm³/mol. The Morgan fingerprint density at radius 2 is 2.00 bits per heavy atom. The summed E-state index contributed by atoms with van der Waals surface area (Å²) in [4.78, 5) is -0.217. The second kappa shape index (κ2) is 5.36. The van der Waals surface area contributed by atoms with Gasteiger partial charge in [-0.1, -0.05) is 25.5 Å². The lowest BCUT2D eigenvalue weighted by atomic mass is 9.85. The lowest BCUT2D eigenvalue weighted by Gasteiger charge is -2.31. The molecule has 0 N–H and O–H groups in total. The summed E-state index contributed by atoms with van der Waals surface area (Å²) in [6.07, 6.45) is 3.31. The molecule has 1 aliphatic carbocycles. The fourth-order valence-electron chi connectivity index (χ4n) is 2.15. The van der Waals surface area contributed by atoms with E-state index >= 15 is 0 Å². The van der Waals surface area contributed by atoms with Gasteiger partial charge in [0.25, 0.3) is 0 Å². The van der Waals surface area contributed by atoms with Crippen LogP contribution in [0.4, 0.5) is 4.39 Å². The van der Waals surface area contributed by atoms with Crippen molar-refractivity contribution in [1.82, 2.24) is 4.31 Å². The molecular formula is C13H18FNO2S. The van der Waals surface area contributed by atoms with E-state index in [2.05, 4.69) is 0 Å². The fourth-order valence-corrected chi connectivity index (χ4v) is 3.74. The Bertz CT molecular complexity index is 511. The fraction of sp³-hybridized carbons (Fsp3) is 0.538.